The minimum Gasteiger partial charge on any atom is -0.459 e. The zero-order chi connectivity index (χ0) is 22.1. The molecule has 162 valence electrons. The van der Waals surface area contributed by atoms with Crippen LogP contribution in [0.3, 0.4) is 0 Å². The second-order valence-corrected chi connectivity index (χ2v) is 9.56. The summed E-state index contributed by atoms with van der Waals surface area (Å²) in [6.45, 7) is 1.91. The molecule has 1 aliphatic carbocycles. The van der Waals surface area contributed by atoms with Crippen LogP contribution in [0.2, 0.25) is 0 Å². The van der Waals surface area contributed by atoms with Gasteiger partial charge in [0.05, 0.1) is 12.0 Å². The maximum absolute atomic E-state index is 12.7. The molecule has 7 nitrogen and oxygen atoms in total. The Morgan fingerprint density at radius 2 is 2.09 bits per heavy atom. The summed E-state index contributed by atoms with van der Waals surface area (Å²) in [5, 5.41) is 7.70. The summed E-state index contributed by atoms with van der Waals surface area (Å²) in [6.07, 6.45) is 6.35. The number of nitrogens with one attached hydrogen (secondary N) is 2. The third-order valence-corrected chi connectivity index (χ3v) is 7.51. The van der Waals surface area contributed by atoms with Gasteiger partial charge in [-0.3, -0.25) is 9.59 Å². The number of carbonyl (C=O) groups is 2. The zero-order valence-corrected chi connectivity index (χ0v) is 18.9. The van der Waals surface area contributed by atoms with Crippen molar-refractivity contribution in [3.8, 4) is 0 Å². The number of anilines is 2. The van der Waals surface area contributed by atoms with Gasteiger partial charge < -0.3 is 15.1 Å². The quantitative estimate of drug-likeness (QED) is 0.306. The van der Waals surface area contributed by atoms with Crippen LogP contribution in [-0.4, -0.2) is 27.5 Å². The van der Waals surface area contributed by atoms with E-state index < -0.39 is 0 Å². The third kappa shape index (κ3) is 4.13. The molecule has 1 aliphatic rings. The summed E-state index contributed by atoms with van der Waals surface area (Å²) in [7, 11) is 0. The molecule has 1 aromatic carbocycles. The minimum absolute atomic E-state index is 0.133. The van der Waals surface area contributed by atoms with Crippen LogP contribution >= 0.6 is 23.1 Å². The van der Waals surface area contributed by atoms with Crippen molar-refractivity contribution in [2.24, 2.45) is 0 Å². The van der Waals surface area contributed by atoms with Gasteiger partial charge in [-0.25, -0.2) is 9.97 Å². The molecule has 2 N–H and O–H groups in total. The Balaban J connectivity index is 1.27. The second kappa shape index (κ2) is 8.76. The van der Waals surface area contributed by atoms with Crippen molar-refractivity contribution in [1.29, 1.82) is 0 Å². The lowest BCUT2D eigenvalue weighted by molar-refractivity contribution is -0.113. The van der Waals surface area contributed by atoms with Crippen molar-refractivity contribution in [1.82, 2.24) is 9.97 Å². The monoisotopic (exact) mass is 464 g/mol. The maximum Gasteiger partial charge on any atom is 0.291 e. The topological polar surface area (TPSA) is 97.1 Å². The molecule has 32 heavy (non-hydrogen) atoms. The summed E-state index contributed by atoms with van der Waals surface area (Å²) in [4.78, 5) is 36.2. The molecule has 4 aromatic rings. The Morgan fingerprint density at radius 1 is 1.19 bits per heavy atom. The van der Waals surface area contributed by atoms with Gasteiger partial charge in [-0.05, 0) is 61.6 Å². The molecule has 0 radical (unpaired) electrons. The van der Waals surface area contributed by atoms with E-state index in [-0.39, 0.29) is 23.3 Å². The first-order valence-electron chi connectivity index (χ1n) is 10.2. The number of aryl methyl sites for hydroxylation is 3. The number of benzene rings is 1. The maximum atomic E-state index is 12.7. The Kier molecular flexibility index (Phi) is 5.67. The molecule has 0 spiro atoms. The van der Waals surface area contributed by atoms with E-state index in [1.54, 1.807) is 41.9 Å². The van der Waals surface area contributed by atoms with Gasteiger partial charge in [-0.2, -0.15) is 0 Å². The predicted octanol–water partition coefficient (Wildman–Crippen LogP) is 5.06. The van der Waals surface area contributed by atoms with Crippen molar-refractivity contribution >= 4 is 56.5 Å². The van der Waals surface area contributed by atoms with Gasteiger partial charge in [0.15, 0.2) is 5.76 Å². The average molecular weight is 465 g/mol. The number of thiophene rings is 1. The number of aromatic nitrogens is 2. The zero-order valence-electron chi connectivity index (χ0n) is 17.3. The van der Waals surface area contributed by atoms with Crippen molar-refractivity contribution in [2.45, 2.75) is 31.2 Å². The van der Waals surface area contributed by atoms with Crippen LogP contribution in [0.15, 0.2) is 52.4 Å². The molecule has 0 unspecified atom stereocenters. The summed E-state index contributed by atoms with van der Waals surface area (Å²) in [5.41, 5.74) is 3.48. The average Bonchev–Trinajstić information content (AvgIpc) is 3.52. The van der Waals surface area contributed by atoms with Gasteiger partial charge in [-0.15, -0.1) is 11.3 Å². The molecular weight excluding hydrogens is 444 g/mol. The van der Waals surface area contributed by atoms with E-state index in [9.17, 15) is 9.59 Å². The molecule has 5 rings (SSSR count). The van der Waals surface area contributed by atoms with Crippen LogP contribution < -0.4 is 10.6 Å². The Morgan fingerprint density at radius 3 is 2.94 bits per heavy atom. The normalized spacial score (nSPS) is 12.7. The second-order valence-electron chi connectivity index (χ2n) is 7.51. The molecule has 0 atom stereocenters. The van der Waals surface area contributed by atoms with E-state index >= 15 is 0 Å². The van der Waals surface area contributed by atoms with E-state index in [4.69, 9.17) is 4.42 Å². The van der Waals surface area contributed by atoms with Gasteiger partial charge in [0.25, 0.3) is 5.91 Å². The van der Waals surface area contributed by atoms with Gasteiger partial charge in [0.2, 0.25) is 5.91 Å². The highest BCUT2D eigenvalue weighted by molar-refractivity contribution is 8.00. The molecule has 0 saturated heterocycles. The first-order chi connectivity index (χ1) is 15.6. The standard InChI is InChI=1S/C23H20N4O3S2/c1-13-7-8-14(26-21(29)17-5-3-9-30-17)10-16(13)27-19(28)11-31-22-20-15-4-2-6-18(15)32-23(20)25-12-24-22/h3,5,7-10,12H,2,4,6,11H2,1H3,(H,26,29)(H,27,28). The Bertz CT molecular complexity index is 1310. The number of amides is 2. The first-order valence-corrected chi connectivity index (χ1v) is 12.0. The van der Waals surface area contributed by atoms with Gasteiger partial charge in [-0.1, -0.05) is 17.8 Å². The van der Waals surface area contributed by atoms with E-state index in [2.05, 4.69) is 20.6 Å². The van der Waals surface area contributed by atoms with E-state index in [0.29, 0.717) is 11.4 Å². The fourth-order valence-corrected chi connectivity index (χ4v) is 5.88. The number of furan rings is 1. The summed E-state index contributed by atoms with van der Waals surface area (Å²) in [5.74, 6) is -0.0169. The van der Waals surface area contributed by atoms with Crippen LogP contribution in [-0.2, 0) is 17.6 Å². The highest BCUT2D eigenvalue weighted by Gasteiger charge is 2.21. The van der Waals surface area contributed by atoms with E-state index in [1.807, 2.05) is 13.0 Å². The number of carbonyl (C=O) groups excluding carboxylic acids is 2. The number of rotatable bonds is 6. The number of fused-ring (bicyclic) bond motifs is 3. The van der Waals surface area contributed by atoms with Crippen LogP contribution in [0.1, 0.15) is 33.0 Å². The van der Waals surface area contributed by atoms with Gasteiger partial charge in [0, 0.05) is 21.6 Å². The molecule has 3 aromatic heterocycles. The van der Waals surface area contributed by atoms with Crippen molar-refractivity contribution in [3.63, 3.8) is 0 Å². The van der Waals surface area contributed by atoms with Gasteiger partial charge >= 0.3 is 0 Å². The van der Waals surface area contributed by atoms with Crippen LogP contribution in [0.25, 0.3) is 10.2 Å². The molecule has 0 fully saturated rings. The number of nitrogens with zero attached hydrogens (tertiary/aromatic N) is 2. The van der Waals surface area contributed by atoms with Crippen LogP contribution in [0.4, 0.5) is 11.4 Å². The lowest BCUT2D eigenvalue weighted by Crippen LogP contribution is -2.16. The highest BCUT2D eigenvalue weighted by atomic mass is 32.2. The summed E-state index contributed by atoms with van der Waals surface area (Å²) < 4.78 is 5.12. The number of hydrogen-bond donors (Lipinski definition) is 2. The van der Waals surface area contributed by atoms with Crippen molar-refractivity contribution in [2.75, 3.05) is 16.4 Å². The Labute approximate surface area is 192 Å². The van der Waals surface area contributed by atoms with Gasteiger partial charge in [0.1, 0.15) is 16.2 Å². The molecule has 0 bridgehead atoms. The SMILES string of the molecule is Cc1ccc(NC(=O)c2ccco2)cc1NC(=O)CSc1ncnc2sc3c(c12)CCC3. The Hall–Kier alpha value is -3.17. The fourth-order valence-electron chi connectivity index (χ4n) is 3.76. The highest BCUT2D eigenvalue weighted by Crippen LogP contribution is 2.40. The third-order valence-electron chi connectivity index (χ3n) is 5.32. The summed E-state index contributed by atoms with van der Waals surface area (Å²) in [6, 6.07) is 8.63. The van der Waals surface area contributed by atoms with Crippen molar-refractivity contribution < 1.29 is 14.0 Å². The molecule has 9 heteroatoms. The lowest BCUT2D eigenvalue weighted by atomic mass is 10.1. The fraction of sp³-hybridized carbons (Fsp3) is 0.217. The molecule has 0 aliphatic heterocycles. The molecule has 0 saturated carbocycles. The smallest absolute Gasteiger partial charge is 0.291 e. The van der Waals surface area contributed by atoms with E-state index in [1.165, 1.54) is 34.9 Å². The minimum atomic E-state index is -0.345. The molecular formula is C23H20N4O3S2. The van der Waals surface area contributed by atoms with Crippen molar-refractivity contribution in [3.05, 3.63) is 64.7 Å². The van der Waals surface area contributed by atoms with Crippen LogP contribution in [0, 0.1) is 6.92 Å². The molecule has 2 amide bonds. The van der Waals surface area contributed by atoms with Crippen LogP contribution in [0.5, 0.6) is 0 Å². The lowest BCUT2D eigenvalue weighted by Gasteiger charge is -2.11. The summed E-state index contributed by atoms with van der Waals surface area (Å²) >= 11 is 3.17. The van der Waals surface area contributed by atoms with E-state index in [0.717, 1.165) is 33.6 Å². The number of hydrogen-bond acceptors (Lipinski definition) is 7. The predicted molar refractivity (Wildman–Crippen MR) is 127 cm³/mol. The molecule has 3 heterocycles. The number of thioether (sulfide) groups is 1. The largest absolute Gasteiger partial charge is 0.459 e. The first kappa shape index (κ1) is 20.7.